The molecule has 4 unspecified atom stereocenters. The lowest BCUT2D eigenvalue weighted by molar-refractivity contribution is -0.152. The van der Waals surface area contributed by atoms with Crippen molar-refractivity contribution >= 4 is 39.4 Å². The summed E-state index contributed by atoms with van der Waals surface area (Å²) < 4.78 is 22.6. The summed E-state index contributed by atoms with van der Waals surface area (Å²) in [4.78, 5) is 30.5. The zero-order chi connectivity index (χ0) is 29.3. The summed E-state index contributed by atoms with van der Waals surface area (Å²) in [5.41, 5.74) is 0.836. The van der Waals surface area contributed by atoms with Gasteiger partial charge in [-0.2, -0.15) is 5.26 Å². The van der Waals surface area contributed by atoms with Crippen molar-refractivity contribution in [2.24, 2.45) is 5.41 Å². The molecule has 0 N–H and O–H groups in total. The minimum atomic E-state index is -1.76. The number of para-hydroxylation sites is 1. The number of ether oxygens (including phenoxy) is 4. The maximum atomic E-state index is 14.7. The van der Waals surface area contributed by atoms with Gasteiger partial charge in [-0.1, -0.05) is 36.4 Å². The Morgan fingerprint density at radius 1 is 0.976 bits per heavy atom. The van der Waals surface area contributed by atoms with Gasteiger partial charge in [0.15, 0.2) is 22.7 Å². The van der Waals surface area contributed by atoms with E-state index in [0.29, 0.717) is 32.8 Å². The van der Waals surface area contributed by atoms with Crippen LogP contribution in [0.1, 0.15) is 34.3 Å². The first-order valence-corrected chi connectivity index (χ1v) is 13.9. The van der Waals surface area contributed by atoms with Gasteiger partial charge in [-0.25, -0.2) is 0 Å². The van der Waals surface area contributed by atoms with Crippen LogP contribution in [-0.2, 0) is 9.53 Å². The van der Waals surface area contributed by atoms with Gasteiger partial charge in [-0.3, -0.25) is 9.59 Å². The zero-order valence-corrected chi connectivity index (χ0v) is 24.7. The molecular formula is C32H29BrN2O6. The third kappa shape index (κ3) is 4.43. The van der Waals surface area contributed by atoms with E-state index in [-0.39, 0.29) is 12.4 Å². The van der Waals surface area contributed by atoms with E-state index >= 15 is 0 Å². The van der Waals surface area contributed by atoms with Crippen LogP contribution >= 0.6 is 15.9 Å². The van der Waals surface area contributed by atoms with Crippen LogP contribution in [0, 0.1) is 16.7 Å². The van der Waals surface area contributed by atoms with Gasteiger partial charge in [0.1, 0.15) is 11.8 Å². The first-order chi connectivity index (χ1) is 19.9. The van der Waals surface area contributed by atoms with E-state index in [9.17, 15) is 14.9 Å². The highest BCUT2D eigenvalue weighted by molar-refractivity contribution is 9.10. The number of anilines is 1. The van der Waals surface area contributed by atoms with Gasteiger partial charge in [0.25, 0.3) is 0 Å². The molecule has 5 rings (SSSR count). The van der Waals surface area contributed by atoms with Crippen LogP contribution in [0.5, 0.6) is 17.2 Å². The van der Waals surface area contributed by atoms with E-state index in [1.54, 1.807) is 50.4 Å². The van der Waals surface area contributed by atoms with E-state index in [2.05, 4.69) is 22.0 Å². The lowest BCUT2D eigenvalue weighted by atomic mass is 9.68. The fourth-order valence-corrected chi connectivity index (χ4v) is 6.57. The van der Waals surface area contributed by atoms with Crippen molar-refractivity contribution in [3.63, 3.8) is 0 Å². The number of hydrogen-bond donors (Lipinski definition) is 0. The SMILES string of the molecule is CCOC(=O)C1(C#N)C(c2ccc(OC)c(OC)c2)C(C(=O)c2ccc(OC)c(Br)c2)N2c3ccccc3C=CC21. The Hall–Kier alpha value is -4.29. The summed E-state index contributed by atoms with van der Waals surface area (Å²) in [5.74, 6) is -0.401. The molecule has 0 radical (unpaired) electrons. The number of nitriles is 1. The van der Waals surface area contributed by atoms with Crippen molar-refractivity contribution in [2.45, 2.75) is 24.9 Å². The Labute approximate surface area is 247 Å². The number of hydrogen-bond acceptors (Lipinski definition) is 8. The standard InChI is InChI=1S/C32H29BrN2O6/c1-5-41-31(37)32(18-34)27-15-12-19-8-6-7-9-23(19)35(27)29(30(36)21-11-13-24(38-2)22(33)16-21)28(32)20-10-14-25(39-3)26(17-20)40-4/h6-17,27-29H,5H2,1-4H3. The quantitative estimate of drug-likeness (QED) is 0.231. The summed E-state index contributed by atoms with van der Waals surface area (Å²) in [7, 11) is 4.59. The molecule has 0 saturated carbocycles. The zero-order valence-electron chi connectivity index (χ0n) is 23.1. The molecule has 9 heteroatoms. The van der Waals surface area contributed by atoms with Crippen molar-refractivity contribution in [3.05, 3.63) is 87.9 Å². The van der Waals surface area contributed by atoms with Crippen molar-refractivity contribution in [3.8, 4) is 23.3 Å². The topological polar surface area (TPSA) is 98.1 Å². The molecule has 2 heterocycles. The maximum Gasteiger partial charge on any atom is 0.329 e. The molecule has 0 aromatic heterocycles. The van der Waals surface area contributed by atoms with Gasteiger partial charge in [-0.15, -0.1) is 0 Å². The average molecular weight is 617 g/mol. The summed E-state index contributed by atoms with van der Waals surface area (Å²) in [6.45, 7) is 1.78. The number of carbonyl (C=O) groups excluding carboxylic acids is 2. The number of nitrogens with zero attached hydrogens (tertiary/aromatic N) is 2. The van der Waals surface area contributed by atoms with Crippen LogP contribution in [0.3, 0.4) is 0 Å². The van der Waals surface area contributed by atoms with E-state index in [1.807, 2.05) is 41.3 Å². The highest BCUT2D eigenvalue weighted by Gasteiger charge is 2.67. The third-order valence-corrected chi connectivity index (χ3v) is 8.43. The molecule has 0 spiro atoms. The van der Waals surface area contributed by atoms with Gasteiger partial charge in [0.05, 0.1) is 44.5 Å². The normalized spacial score (nSPS) is 22.2. The van der Waals surface area contributed by atoms with Gasteiger partial charge < -0.3 is 23.8 Å². The van der Waals surface area contributed by atoms with E-state index < -0.39 is 29.4 Å². The Kier molecular flexibility index (Phi) is 7.78. The summed E-state index contributed by atoms with van der Waals surface area (Å²) in [5, 5.41) is 10.9. The number of Topliss-reactive ketones (excluding diaryl/α,β-unsaturated/α-hetero) is 1. The van der Waals surface area contributed by atoms with Crippen LogP contribution in [0.4, 0.5) is 5.69 Å². The first-order valence-electron chi connectivity index (χ1n) is 13.1. The van der Waals surface area contributed by atoms with Crippen LogP contribution in [0.15, 0.2) is 71.2 Å². The Bertz CT molecular complexity index is 1580. The number of rotatable bonds is 8. The fraction of sp³-hybridized carbons (Fsp3) is 0.281. The summed E-state index contributed by atoms with van der Waals surface area (Å²) in [6.07, 6.45) is 3.72. The molecule has 3 aromatic rings. The molecule has 3 aromatic carbocycles. The van der Waals surface area contributed by atoms with Crippen LogP contribution < -0.4 is 19.1 Å². The number of ketones is 1. The molecule has 0 amide bonds. The Balaban J connectivity index is 1.82. The molecule has 1 saturated heterocycles. The maximum absolute atomic E-state index is 14.7. The molecule has 4 atom stereocenters. The second kappa shape index (κ2) is 11.3. The number of halogens is 1. The Morgan fingerprint density at radius 2 is 1.68 bits per heavy atom. The molecule has 8 nitrogen and oxygen atoms in total. The second-order valence-corrected chi connectivity index (χ2v) is 10.6. The Morgan fingerprint density at radius 3 is 2.34 bits per heavy atom. The second-order valence-electron chi connectivity index (χ2n) is 9.72. The highest BCUT2D eigenvalue weighted by Crippen LogP contribution is 2.57. The van der Waals surface area contributed by atoms with Crippen molar-refractivity contribution in [2.75, 3.05) is 32.8 Å². The highest BCUT2D eigenvalue weighted by atomic mass is 79.9. The lowest BCUT2D eigenvalue weighted by Gasteiger charge is -2.36. The van der Waals surface area contributed by atoms with Crippen molar-refractivity contribution in [1.82, 2.24) is 0 Å². The van der Waals surface area contributed by atoms with E-state index in [4.69, 9.17) is 18.9 Å². The number of benzene rings is 3. The average Bonchev–Trinajstić information content (AvgIpc) is 3.32. The number of carbonyl (C=O) groups is 2. The molecule has 0 aliphatic carbocycles. The molecule has 2 aliphatic rings. The van der Waals surface area contributed by atoms with Gasteiger partial charge in [0, 0.05) is 17.2 Å². The first kappa shape index (κ1) is 28.2. The smallest absolute Gasteiger partial charge is 0.329 e. The third-order valence-electron chi connectivity index (χ3n) is 7.82. The molecule has 41 heavy (non-hydrogen) atoms. The largest absolute Gasteiger partial charge is 0.496 e. The van der Waals surface area contributed by atoms with Crippen LogP contribution in [0.2, 0.25) is 0 Å². The van der Waals surface area contributed by atoms with Gasteiger partial charge in [-0.05, 0) is 70.4 Å². The van der Waals surface area contributed by atoms with Gasteiger partial charge in [0.2, 0.25) is 0 Å². The molecular weight excluding hydrogens is 588 g/mol. The van der Waals surface area contributed by atoms with Crippen LogP contribution in [-0.4, -0.2) is 51.8 Å². The summed E-state index contributed by atoms with van der Waals surface area (Å²) >= 11 is 3.49. The molecule has 2 aliphatic heterocycles. The van der Waals surface area contributed by atoms with Crippen molar-refractivity contribution in [1.29, 1.82) is 5.26 Å². The number of esters is 1. The minimum Gasteiger partial charge on any atom is -0.496 e. The minimum absolute atomic E-state index is 0.0813. The molecule has 210 valence electrons. The monoisotopic (exact) mass is 616 g/mol. The molecule has 1 fully saturated rings. The molecule has 0 bridgehead atoms. The number of fused-ring (bicyclic) bond motifs is 3. The van der Waals surface area contributed by atoms with Crippen molar-refractivity contribution < 1.29 is 28.5 Å². The summed E-state index contributed by atoms with van der Waals surface area (Å²) in [6, 6.07) is 18.6. The van der Waals surface area contributed by atoms with E-state index in [1.165, 1.54) is 14.2 Å². The van der Waals surface area contributed by atoms with Gasteiger partial charge >= 0.3 is 5.97 Å². The van der Waals surface area contributed by atoms with E-state index in [0.717, 1.165) is 11.3 Å². The predicted molar refractivity (Wildman–Crippen MR) is 158 cm³/mol. The lowest BCUT2D eigenvalue weighted by Crippen LogP contribution is -2.47. The predicted octanol–water partition coefficient (Wildman–Crippen LogP) is 5.80. The van der Waals surface area contributed by atoms with Crippen LogP contribution in [0.25, 0.3) is 6.08 Å². The fourth-order valence-electron chi connectivity index (χ4n) is 6.03. The number of methoxy groups -OCH3 is 3.